The van der Waals surface area contributed by atoms with Crippen LogP contribution >= 0.6 is 0 Å². The molecule has 2 aromatic rings. The predicted octanol–water partition coefficient (Wildman–Crippen LogP) is 4.25. The first kappa shape index (κ1) is 27.1. The molecular weight excluding hydrogens is 460 g/mol. The summed E-state index contributed by atoms with van der Waals surface area (Å²) in [4.78, 5) is 30.3. The second kappa shape index (κ2) is 11.9. The summed E-state index contributed by atoms with van der Waals surface area (Å²) >= 11 is 0. The molecule has 1 atom stereocenters. The molecule has 1 heterocycles. The number of Topliss-reactive ketones (excluding diaryl/α,β-unsaturated/α-hetero) is 1. The van der Waals surface area contributed by atoms with Gasteiger partial charge in [-0.05, 0) is 56.8 Å². The maximum Gasteiger partial charge on any atom is 0.295 e. The van der Waals surface area contributed by atoms with Crippen LogP contribution < -0.4 is 14.2 Å². The van der Waals surface area contributed by atoms with Crippen molar-refractivity contribution in [2.24, 2.45) is 0 Å². The van der Waals surface area contributed by atoms with Gasteiger partial charge in [0.1, 0.15) is 11.5 Å². The van der Waals surface area contributed by atoms with Gasteiger partial charge in [-0.25, -0.2) is 0 Å². The Morgan fingerprint density at radius 1 is 1.03 bits per heavy atom. The van der Waals surface area contributed by atoms with E-state index in [0.717, 1.165) is 13.1 Å². The fourth-order valence-electron chi connectivity index (χ4n) is 4.41. The highest BCUT2D eigenvalue weighted by Crippen LogP contribution is 2.42. The van der Waals surface area contributed by atoms with Crippen LogP contribution in [0.15, 0.2) is 48.0 Å². The van der Waals surface area contributed by atoms with Gasteiger partial charge in [-0.2, -0.15) is 0 Å². The molecule has 1 fully saturated rings. The van der Waals surface area contributed by atoms with Crippen LogP contribution in [0.1, 0.15) is 44.9 Å². The molecule has 1 N–H and O–H groups in total. The Bertz CT molecular complexity index is 1120. The second-order valence-corrected chi connectivity index (χ2v) is 8.83. The van der Waals surface area contributed by atoms with Crippen LogP contribution in [0, 0.1) is 0 Å². The van der Waals surface area contributed by atoms with Gasteiger partial charge in [-0.1, -0.05) is 32.0 Å². The molecule has 1 amide bonds. The summed E-state index contributed by atoms with van der Waals surface area (Å²) in [6.45, 7) is 10.5. The first-order chi connectivity index (χ1) is 17.2. The zero-order valence-electron chi connectivity index (χ0n) is 21.9. The lowest BCUT2D eigenvalue weighted by atomic mass is 9.95. The first-order valence-electron chi connectivity index (χ1n) is 12.2. The molecule has 0 aromatic heterocycles. The number of methoxy groups -OCH3 is 2. The van der Waals surface area contributed by atoms with E-state index in [-0.39, 0.29) is 17.4 Å². The van der Waals surface area contributed by atoms with Crippen LogP contribution in [0.2, 0.25) is 0 Å². The van der Waals surface area contributed by atoms with Crippen LogP contribution in [-0.4, -0.2) is 73.1 Å². The molecule has 8 nitrogen and oxygen atoms in total. The number of aliphatic hydroxyl groups is 1. The minimum Gasteiger partial charge on any atom is -0.507 e. The molecule has 8 heteroatoms. The van der Waals surface area contributed by atoms with Crippen LogP contribution in [0.5, 0.6) is 17.2 Å². The summed E-state index contributed by atoms with van der Waals surface area (Å²) in [7, 11) is 3.07. The number of likely N-dealkylation sites (N-methyl/N-ethyl adjacent to an activating group) is 1. The van der Waals surface area contributed by atoms with Crippen molar-refractivity contribution in [2.45, 2.75) is 39.8 Å². The van der Waals surface area contributed by atoms with Crippen molar-refractivity contribution in [1.82, 2.24) is 9.80 Å². The molecule has 1 saturated heterocycles. The molecule has 1 unspecified atom stereocenters. The molecule has 194 valence electrons. The third-order valence-electron chi connectivity index (χ3n) is 6.29. The predicted molar refractivity (Wildman–Crippen MR) is 139 cm³/mol. The van der Waals surface area contributed by atoms with E-state index in [1.165, 1.54) is 12.0 Å². The van der Waals surface area contributed by atoms with E-state index in [0.29, 0.717) is 41.5 Å². The zero-order valence-corrected chi connectivity index (χ0v) is 21.9. The molecule has 1 aliphatic rings. The van der Waals surface area contributed by atoms with E-state index in [4.69, 9.17) is 14.2 Å². The van der Waals surface area contributed by atoms with Crippen LogP contribution in [0.3, 0.4) is 0 Å². The lowest BCUT2D eigenvalue weighted by Gasteiger charge is -2.28. The monoisotopic (exact) mass is 496 g/mol. The second-order valence-electron chi connectivity index (χ2n) is 8.83. The first-order valence-corrected chi connectivity index (χ1v) is 12.2. The summed E-state index contributed by atoms with van der Waals surface area (Å²) in [5.74, 6) is -0.0446. The molecule has 36 heavy (non-hydrogen) atoms. The molecule has 3 rings (SSSR count). The molecule has 0 saturated carbocycles. The summed E-state index contributed by atoms with van der Waals surface area (Å²) in [5, 5.41) is 11.4. The fourth-order valence-corrected chi connectivity index (χ4v) is 4.41. The summed E-state index contributed by atoms with van der Waals surface area (Å²) in [5.41, 5.74) is 1.08. The van der Waals surface area contributed by atoms with E-state index in [1.807, 2.05) is 13.8 Å². The Morgan fingerprint density at radius 3 is 2.33 bits per heavy atom. The number of ether oxygens (including phenoxy) is 3. The van der Waals surface area contributed by atoms with Gasteiger partial charge in [0, 0.05) is 18.7 Å². The molecule has 0 bridgehead atoms. The normalized spacial score (nSPS) is 17.2. The number of carbonyl (C=O) groups excluding carboxylic acids is 2. The maximum atomic E-state index is 13.3. The van der Waals surface area contributed by atoms with Crippen molar-refractivity contribution >= 4 is 17.4 Å². The number of hydrogen-bond donors (Lipinski definition) is 1. The number of hydrogen-bond acceptors (Lipinski definition) is 7. The minimum absolute atomic E-state index is 0.0356. The quantitative estimate of drug-likeness (QED) is 0.283. The highest BCUT2D eigenvalue weighted by Gasteiger charge is 2.46. The van der Waals surface area contributed by atoms with Gasteiger partial charge in [0.05, 0.1) is 31.9 Å². The Labute approximate surface area is 213 Å². The van der Waals surface area contributed by atoms with E-state index >= 15 is 0 Å². The summed E-state index contributed by atoms with van der Waals surface area (Å²) < 4.78 is 16.6. The van der Waals surface area contributed by atoms with Crippen LogP contribution in [-0.2, 0) is 9.59 Å². The van der Waals surface area contributed by atoms with Gasteiger partial charge in [-0.15, -0.1) is 0 Å². The SMILES string of the molecule is CCN(CC)CCN1C(=O)C(=O)/C(=C(\O)c2cccc(OC(C)C)c2)C1c1ccc(OC)c(OC)c1. The van der Waals surface area contributed by atoms with Gasteiger partial charge >= 0.3 is 0 Å². The van der Waals surface area contributed by atoms with E-state index < -0.39 is 17.7 Å². The average Bonchev–Trinajstić information content (AvgIpc) is 3.13. The molecule has 0 aliphatic carbocycles. The van der Waals surface area contributed by atoms with Gasteiger partial charge in [0.25, 0.3) is 11.7 Å². The number of nitrogens with zero attached hydrogens (tertiary/aromatic N) is 2. The van der Waals surface area contributed by atoms with Crippen molar-refractivity contribution < 1.29 is 28.9 Å². The van der Waals surface area contributed by atoms with Crippen molar-refractivity contribution in [2.75, 3.05) is 40.4 Å². The zero-order chi connectivity index (χ0) is 26.4. The van der Waals surface area contributed by atoms with E-state index in [1.54, 1.807) is 49.6 Å². The fraction of sp³-hybridized carbons (Fsp3) is 0.429. The highest BCUT2D eigenvalue weighted by molar-refractivity contribution is 6.46. The lowest BCUT2D eigenvalue weighted by molar-refractivity contribution is -0.140. The van der Waals surface area contributed by atoms with Crippen molar-refractivity contribution in [3.63, 3.8) is 0 Å². The molecule has 1 aliphatic heterocycles. The van der Waals surface area contributed by atoms with E-state index in [2.05, 4.69) is 18.7 Å². The number of aliphatic hydroxyl groups excluding tert-OH is 1. The Hall–Kier alpha value is -3.52. The average molecular weight is 497 g/mol. The Kier molecular flexibility index (Phi) is 8.98. The van der Waals surface area contributed by atoms with Crippen molar-refractivity contribution in [1.29, 1.82) is 0 Å². The minimum atomic E-state index is -0.782. The summed E-state index contributed by atoms with van der Waals surface area (Å²) in [6, 6.07) is 11.4. The Balaban J connectivity index is 2.15. The van der Waals surface area contributed by atoms with Gasteiger partial charge in [0.15, 0.2) is 11.5 Å². The van der Waals surface area contributed by atoms with E-state index in [9.17, 15) is 14.7 Å². The number of ketones is 1. The number of rotatable bonds is 11. The third-order valence-corrected chi connectivity index (χ3v) is 6.29. The maximum absolute atomic E-state index is 13.3. The van der Waals surface area contributed by atoms with Crippen LogP contribution in [0.4, 0.5) is 0 Å². The highest BCUT2D eigenvalue weighted by atomic mass is 16.5. The molecule has 2 aromatic carbocycles. The van der Waals surface area contributed by atoms with Crippen molar-refractivity contribution in [3.8, 4) is 17.2 Å². The number of amides is 1. The lowest BCUT2D eigenvalue weighted by Crippen LogP contribution is -2.38. The van der Waals surface area contributed by atoms with Gasteiger partial charge in [-0.3, -0.25) is 9.59 Å². The van der Waals surface area contributed by atoms with Crippen molar-refractivity contribution in [3.05, 3.63) is 59.2 Å². The number of likely N-dealkylation sites (tertiary alicyclic amines) is 1. The van der Waals surface area contributed by atoms with Gasteiger partial charge in [0.2, 0.25) is 0 Å². The molecular formula is C28H36N2O6. The largest absolute Gasteiger partial charge is 0.507 e. The standard InChI is InChI=1S/C28H36N2O6/c1-7-29(8-2)14-15-30-25(19-12-13-22(34-5)23(17-19)35-6)24(27(32)28(30)33)26(31)20-10-9-11-21(16-20)36-18(3)4/h9-13,16-18,25,31H,7-8,14-15H2,1-6H3/b26-24-. The van der Waals surface area contributed by atoms with Gasteiger partial charge < -0.3 is 29.1 Å². The summed E-state index contributed by atoms with van der Waals surface area (Å²) in [6.07, 6.45) is -0.0557. The molecule has 0 spiro atoms. The number of carbonyl (C=O) groups is 2. The Morgan fingerprint density at radius 2 is 1.72 bits per heavy atom. The topological polar surface area (TPSA) is 88.5 Å². The number of benzene rings is 2. The third kappa shape index (κ3) is 5.65. The van der Waals surface area contributed by atoms with Crippen LogP contribution in [0.25, 0.3) is 5.76 Å². The molecule has 0 radical (unpaired) electrons. The smallest absolute Gasteiger partial charge is 0.295 e.